The van der Waals surface area contributed by atoms with Crippen molar-refractivity contribution in [3.8, 4) is 0 Å². The summed E-state index contributed by atoms with van der Waals surface area (Å²) in [6.07, 6.45) is 4.51. The minimum Gasteiger partial charge on any atom is -0.396 e. The van der Waals surface area contributed by atoms with E-state index in [9.17, 15) is 5.11 Å². The van der Waals surface area contributed by atoms with Crippen LogP contribution in [0.3, 0.4) is 0 Å². The van der Waals surface area contributed by atoms with Crippen molar-refractivity contribution in [2.24, 2.45) is 0 Å². The van der Waals surface area contributed by atoms with Gasteiger partial charge in [0.25, 0.3) is 0 Å². The zero-order valence-electron chi connectivity index (χ0n) is 12.0. The van der Waals surface area contributed by atoms with Crippen molar-refractivity contribution >= 4 is 23.2 Å². The molecule has 0 spiro atoms. The summed E-state index contributed by atoms with van der Waals surface area (Å²) in [5.41, 5.74) is 2.20. The summed E-state index contributed by atoms with van der Waals surface area (Å²) in [5, 5.41) is 9.94. The predicted molar refractivity (Wildman–Crippen MR) is 85.7 cm³/mol. The molecule has 112 valence electrons. The molecule has 1 aliphatic rings. The van der Waals surface area contributed by atoms with Gasteiger partial charge in [-0.05, 0) is 49.9 Å². The van der Waals surface area contributed by atoms with Crippen molar-refractivity contribution < 1.29 is 5.11 Å². The normalized spacial score (nSPS) is 21.9. The van der Waals surface area contributed by atoms with Crippen LogP contribution in [0.5, 0.6) is 0 Å². The largest absolute Gasteiger partial charge is 0.396 e. The highest BCUT2D eigenvalue weighted by atomic mass is 35.5. The first-order valence-corrected chi connectivity index (χ1v) is 8.18. The number of nitrogens with zero attached hydrogens (tertiary/aromatic N) is 1. The SMILES string of the molecule is Cc1cc(C(Cl)CN2CCCCC2CCO)ccc1Cl. The second kappa shape index (κ2) is 7.65. The number of likely N-dealkylation sites (tertiary alicyclic amines) is 1. The first-order chi connectivity index (χ1) is 9.61. The molecule has 2 nitrogen and oxygen atoms in total. The zero-order chi connectivity index (χ0) is 14.5. The highest BCUT2D eigenvalue weighted by Crippen LogP contribution is 2.29. The van der Waals surface area contributed by atoms with Crippen molar-refractivity contribution in [1.82, 2.24) is 4.90 Å². The fraction of sp³-hybridized carbons (Fsp3) is 0.625. The molecule has 2 unspecified atom stereocenters. The van der Waals surface area contributed by atoms with Crippen LogP contribution < -0.4 is 0 Å². The molecule has 0 radical (unpaired) electrons. The summed E-state index contributed by atoms with van der Waals surface area (Å²) in [5.74, 6) is 0. The number of aliphatic hydroxyl groups excluding tert-OH is 1. The van der Waals surface area contributed by atoms with E-state index in [1.165, 1.54) is 19.3 Å². The van der Waals surface area contributed by atoms with Crippen LogP contribution in [0.2, 0.25) is 5.02 Å². The van der Waals surface area contributed by atoms with E-state index in [1.54, 1.807) is 0 Å². The third kappa shape index (κ3) is 4.11. The molecule has 1 aliphatic heterocycles. The van der Waals surface area contributed by atoms with E-state index < -0.39 is 0 Å². The Hall–Kier alpha value is -0.280. The van der Waals surface area contributed by atoms with Crippen LogP contribution in [0, 0.1) is 6.92 Å². The Morgan fingerprint density at radius 3 is 2.90 bits per heavy atom. The molecule has 1 saturated heterocycles. The Kier molecular flexibility index (Phi) is 6.16. The number of halogens is 2. The van der Waals surface area contributed by atoms with Crippen LogP contribution in [0.1, 0.15) is 42.2 Å². The topological polar surface area (TPSA) is 23.5 Å². The molecule has 1 aromatic carbocycles. The lowest BCUT2D eigenvalue weighted by Gasteiger charge is -2.36. The molecule has 0 aliphatic carbocycles. The van der Waals surface area contributed by atoms with E-state index in [2.05, 4.69) is 11.0 Å². The van der Waals surface area contributed by atoms with Gasteiger partial charge in [-0.3, -0.25) is 4.90 Å². The first-order valence-electron chi connectivity index (χ1n) is 7.37. The maximum Gasteiger partial charge on any atom is 0.0712 e. The molecule has 1 N–H and O–H groups in total. The van der Waals surface area contributed by atoms with Gasteiger partial charge in [0.1, 0.15) is 0 Å². The molecular formula is C16H23Cl2NO. The van der Waals surface area contributed by atoms with E-state index in [0.717, 1.165) is 35.7 Å². The molecule has 2 atom stereocenters. The van der Waals surface area contributed by atoms with Gasteiger partial charge in [-0.1, -0.05) is 30.2 Å². The summed E-state index contributed by atoms with van der Waals surface area (Å²) in [6, 6.07) is 6.48. The quantitative estimate of drug-likeness (QED) is 0.824. The van der Waals surface area contributed by atoms with Gasteiger partial charge in [0, 0.05) is 24.2 Å². The minimum absolute atomic E-state index is 0.0229. The molecule has 20 heavy (non-hydrogen) atoms. The highest BCUT2D eigenvalue weighted by Gasteiger charge is 2.24. The summed E-state index contributed by atoms with van der Waals surface area (Å²) in [6.45, 7) is 4.19. The van der Waals surface area contributed by atoms with Crippen LogP contribution in [0.25, 0.3) is 0 Å². The van der Waals surface area contributed by atoms with Gasteiger partial charge in [-0.25, -0.2) is 0 Å². The predicted octanol–water partition coefficient (Wildman–Crippen LogP) is 4.17. The van der Waals surface area contributed by atoms with Gasteiger partial charge < -0.3 is 5.11 Å². The van der Waals surface area contributed by atoms with E-state index in [-0.39, 0.29) is 12.0 Å². The first kappa shape index (κ1) is 16.1. The number of hydrogen-bond acceptors (Lipinski definition) is 2. The fourth-order valence-electron chi connectivity index (χ4n) is 2.95. The smallest absolute Gasteiger partial charge is 0.0712 e. The Labute approximate surface area is 131 Å². The number of hydrogen-bond donors (Lipinski definition) is 1. The van der Waals surface area contributed by atoms with Crippen molar-refractivity contribution in [3.05, 3.63) is 34.3 Å². The highest BCUT2D eigenvalue weighted by molar-refractivity contribution is 6.31. The number of benzene rings is 1. The van der Waals surface area contributed by atoms with Crippen molar-refractivity contribution in [2.45, 2.75) is 44.0 Å². The van der Waals surface area contributed by atoms with Gasteiger partial charge in [-0.15, -0.1) is 11.6 Å². The van der Waals surface area contributed by atoms with Crippen LogP contribution in [0.15, 0.2) is 18.2 Å². The Morgan fingerprint density at radius 1 is 1.40 bits per heavy atom. The minimum atomic E-state index is -0.0229. The van der Waals surface area contributed by atoms with Crippen molar-refractivity contribution in [3.63, 3.8) is 0 Å². The van der Waals surface area contributed by atoms with Crippen LogP contribution in [0.4, 0.5) is 0 Å². The molecule has 4 heteroatoms. The average molecular weight is 316 g/mol. The molecule has 0 aromatic heterocycles. The summed E-state index contributed by atoms with van der Waals surface area (Å²) in [7, 11) is 0. The van der Waals surface area contributed by atoms with E-state index >= 15 is 0 Å². The standard InChI is InChI=1S/C16H23Cl2NO/c1-12-10-13(5-6-15(12)17)16(18)11-19-8-3-2-4-14(19)7-9-20/h5-6,10,14,16,20H,2-4,7-9,11H2,1H3. The van der Waals surface area contributed by atoms with E-state index in [0.29, 0.717) is 6.04 Å². The van der Waals surface area contributed by atoms with Crippen LogP contribution in [-0.2, 0) is 0 Å². The molecule has 0 saturated carbocycles. The lowest BCUT2D eigenvalue weighted by molar-refractivity contribution is 0.119. The van der Waals surface area contributed by atoms with E-state index in [1.807, 2.05) is 19.1 Å². The molecule has 1 heterocycles. The Balaban J connectivity index is 2.01. The molecule has 2 rings (SSSR count). The van der Waals surface area contributed by atoms with Crippen LogP contribution >= 0.6 is 23.2 Å². The van der Waals surface area contributed by atoms with Crippen LogP contribution in [-0.4, -0.2) is 35.7 Å². The van der Waals surface area contributed by atoms with E-state index in [4.69, 9.17) is 23.2 Å². The number of aryl methyl sites for hydroxylation is 1. The molecule has 1 aromatic rings. The molecule has 0 amide bonds. The monoisotopic (exact) mass is 315 g/mol. The van der Waals surface area contributed by atoms with Gasteiger partial charge in [0.15, 0.2) is 0 Å². The zero-order valence-corrected chi connectivity index (χ0v) is 13.5. The van der Waals surface area contributed by atoms with Crippen molar-refractivity contribution in [2.75, 3.05) is 19.7 Å². The second-order valence-corrected chi connectivity index (χ2v) is 6.57. The maximum atomic E-state index is 9.18. The molecule has 0 bridgehead atoms. The number of piperidine rings is 1. The summed E-state index contributed by atoms with van der Waals surface area (Å²) >= 11 is 12.6. The lowest BCUT2D eigenvalue weighted by atomic mass is 9.98. The van der Waals surface area contributed by atoms with Gasteiger partial charge in [0.05, 0.1) is 5.38 Å². The Bertz CT molecular complexity index is 436. The van der Waals surface area contributed by atoms with Gasteiger partial charge in [-0.2, -0.15) is 0 Å². The molecular weight excluding hydrogens is 293 g/mol. The van der Waals surface area contributed by atoms with Crippen molar-refractivity contribution in [1.29, 1.82) is 0 Å². The third-order valence-electron chi connectivity index (χ3n) is 4.15. The maximum absolute atomic E-state index is 9.18. The summed E-state index contributed by atoms with van der Waals surface area (Å²) < 4.78 is 0. The summed E-state index contributed by atoms with van der Waals surface area (Å²) in [4.78, 5) is 2.43. The fourth-order valence-corrected chi connectivity index (χ4v) is 3.38. The average Bonchev–Trinajstić information content (AvgIpc) is 2.44. The number of alkyl halides is 1. The Morgan fingerprint density at radius 2 is 2.20 bits per heavy atom. The van der Waals surface area contributed by atoms with Gasteiger partial charge >= 0.3 is 0 Å². The third-order valence-corrected chi connectivity index (χ3v) is 4.96. The molecule has 1 fully saturated rings. The number of aliphatic hydroxyl groups is 1. The lowest BCUT2D eigenvalue weighted by Crippen LogP contribution is -2.41. The second-order valence-electron chi connectivity index (χ2n) is 5.63. The van der Waals surface area contributed by atoms with Gasteiger partial charge in [0.2, 0.25) is 0 Å². The number of rotatable bonds is 5.